The van der Waals surface area contributed by atoms with Crippen molar-refractivity contribution in [2.24, 2.45) is 11.7 Å². The average Bonchev–Trinajstić information content (AvgIpc) is 2.87. The van der Waals surface area contributed by atoms with Gasteiger partial charge in [-0.25, -0.2) is 4.79 Å². The number of hydrogen-bond donors (Lipinski definition) is 3. The molecule has 4 N–H and O–H groups in total. The summed E-state index contributed by atoms with van der Waals surface area (Å²) in [6.45, 7) is 0.593. The van der Waals surface area contributed by atoms with Gasteiger partial charge in [0.15, 0.2) is 5.78 Å². The number of carboxylic acid groups (broad SMARTS) is 1. The van der Waals surface area contributed by atoms with Crippen molar-refractivity contribution in [1.29, 1.82) is 0 Å². The second kappa shape index (κ2) is 7.29. The molecule has 1 fully saturated rings. The molecule has 0 aliphatic carbocycles. The molecule has 1 aliphatic heterocycles. The Labute approximate surface area is 142 Å². The van der Waals surface area contributed by atoms with Crippen LogP contribution >= 0.6 is 23.2 Å². The minimum absolute atomic E-state index is 0.00521. The Morgan fingerprint density at radius 2 is 2.09 bits per heavy atom. The number of ketones is 1. The molecule has 1 aromatic rings. The average molecular weight is 359 g/mol. The number of hydrogen-bond acceptors (Lipinski definition) is 4. The highest BCUT2D eigenvalue weighted by molar-refractivity contribution is 6.39. The number of Topliss-reactive ketones (excluding diaryl/α,β-unsaturated/α-hetero) is 1. The van der Waals surface area contributed by atoms with Crippen molar-refractivity contribution in [3.8, 4) is 0 Å². The van der Waals surface area contributed by atoms with E-state index in [0.717, 1.165) is 0 Å². The Balaban J connectivity index is 2.09. The molecule has 0 aromatic heterocycles. The fraction of sp³-hybridized carbons (Fsp3) is 0.400. The van der Waals surface area contributed by atoms with Gasteiger partial charge in [-0.1, -0.05) is 29.3 Å². The van der Waals surface area contributed by atoms with E-state index in [4.69, 9.17) is 34.0 Å². The summed E-state index contributed by atoms with van der Waals surface area (Å²) in [6.07, 6.45) is 0.818. The first kappa shape index (κ1) is 17.7. The molecule has 6 nitrogen and oxygen atoms in total. The van der Waals surface area contributed by atoms with Crippen molar-refractivity contribution in [2.45, 2.75) is 25.3 Å². The summed E-state index contributed by atoms with van der Waals surface area (Å²) >= 11 is 11.8. The van der Waals surface area contributed by atoms with Crippen LogP contribution in [0.2, 0.25) is 10.0 Å². The number of aromatic carboxylic acids is 1. The van der Waals surface area contributed by atoms with E-state index in [1.807, 2.05) is 0 Å². The summed E-state index contributed by atoms with van der Waals surface area (Å²) in [7, 11) is 0. The van der Waals surface area contributed by atoms with Crippen LogP contribution in [0.3, 0.4) is 0 Å². The van der Waals surface area contributed by atoms with Gasteiger partial charge in [-0.15, -0.1) is 0 Å². The van der Waals surface area contributed by atoms with Gasteiger partial charge in [0.1, 0.15) is 0 Å². The summed E-state index contributed by atoms with van der Waals surface area (Å²) < 4.78 is 0. The van der Waals surface area contributed by atoms with Crippen LogP contribution in [0, 0.1) is 5.92 Å². The lowest BCUT2D eigenvalue weighted by Gasteiger charge is -2.15. The van der Waals surface area contributed by atoms with E-state index in [0.29, 0.717) is 18.5 Å². The van der Waals surface area contributed by atoms with Crippen molar-refractivity contribution < 1.29 is 19.5 Å². The van der Waals surface area contributed by atoms with Gasteiger partial charge in [-0.3, -0.25) is 9.59 Å². The molecule has 8 heteroatoms. The van der Waals surface area contributed by atoms with Gasteiger partial charge in [0.2, 0.25) is 5.91 Å². The van der Waals surface area contributed by atoms with E-state index < -0.39 is 12.0 Å². The number of nitrogens with two attached hydrogens (primary N) is 1. The third-order valence-corrected chi connectivity index (χ3v) is 4.61. The highest BCUT2D eigenvalue weighted by atomic mass is 35.5. The van der Waals surface area contributed by atoms with E-state index in [-0.39, 0.29) is 46.1 Å². The largest absolute Gasteiger partial charge is 0.478 e. The van der Waals surface area contributed by atoms with Crippen LogP contribution in [0.5, 0.6) is 0 Å². The molecule has 2 atom stereocenters. The number of benzene rings is 1. The molecule has 1 aromatic carbocycles. The van der Waals surface area contributed by atoms with Gasteiger partial charge in [0.25, 0.3) is 0 Å². The van der Waals surface area contributed by atoms with E-state index in [1.165, 1.54) is 12.1 Å². The van der Waals surface area contributed by atoms with Gasteiger partial charge in [-0.05, 0) is 24.5 Å². The van der Waals surface area contributed by atoms with Gasteiger partial charge >= 0.3 is 5.97 Å². The molecule has 0 spiro atoms. The minimum Gasteiger partial charge on any atom is -0.478 e. The topological polar surface area (TPSA) is 109 Å². The number of carbonyl (C=O) groups excluding carboxylic acids is 2. The van der Waals surface area contributed by atoms with Crippen LogP contribution in [0.25, 0.3) is 0 Å². The first-order chi connectivity index (χ1) is 10.8. The Morgan fingerprint density at radius 1 is 1.39 bits per heavy atom. The standard InChI is InChI=1S/C15H16Cl2N2O4/c16-9-2-1-7(13(17)12(9)15(22)23)6-11(20)10(18)5-8-3-4-19-14(8)21/h1-2,8,10H,3-6,18H2,(H,19,21)(H,22,23)/t8-,10?/m0/s1. The van der Waals surface area contributed by atoms with Crippen LogP contribution in [0.15, 0.2) is 12.1 Å². The first-order valence-electron chi connectivity index (χ1n) is 7.07. The maximum absolute atomic E-state index is 12.2. The molecular weight excluding hydrogens is 343 g/mol. The van der Waals surface area contributed by atoms with Gasteiger partial charge in [-0.2, -0.15) is 0 Å². The van der Waals surface area contributed by atoms with E-state index in [9.17, 15) is 14.4 Å². The molecule has 1 unspecified atom stereocenters. The fourth-order valence-corrected chi connectivity index (χ4v) is 3.15. The Morgan fingerprint density at radius 3 is 2.65 bits per heavy atom. The van der Waals surface area contributed by atoms with Gasteiger partial charge in [0, 0.05) is 18.9 Å². The Kier molecular flexibility index (Phi) is 5.62. The third kappa shape index (κ3) is 4.02. The molecule has 2 rings (SSSR count). The normalized spacial score (nSPS) is 18.6. The van der Waals surface area contributed by atoms with Crippen molar-refractivity contribution >= 4 is 40.9 Å². The maximum atomic E-state index is 12.2. The van der Waals surface area contributed by atoms with Crippen molar-refractivity contribution in [1.82, 2.24) is 5.32 Å². The lowest BCUT2D eigenvalue weighted by molar-refractivity contribution is -0.123. The number of amides is 1. The highest BCUT2D eigenvalue weighted by Crippen LogP contribution is 2.29. The van der Waals surface area contributed by atoms with Crippen LogP contribution in [-0.2, 0) is 16.0 Å². The molecule has 23 heavy (non-hydrogen) atoms. The van der Waals surface area contributed by atoms with Crippen LogP contribution < -0.4 is 11.1 Å². The predicted molar refractivity (Wildman–Crippen MR) is 85.8 cm³/mol. The Bertz CT molecular complexity index is 663. The number of nitrogens with one attached hydrogen (secondary N) is 1. The van der Waals surface area contributed by atoms with E-state index >= 15 is 0 Å². The molecule has 1 amide bonds. The summed E-state index contributed by atoms with van der Waals surface area (Å²) in [5, 5.41) is 11.7. The van der Waals surface area contributed by atoms with Crippen LogP contribution in [0.4, 0.5) is 0 Å². The molecular formula is C15H16Cl2N2O4. The second-order valence-electron chi connectivity index (χ2n) is 5.46. The zero-order valence-corrected chi connectivity index (χ0v) is 13.7. The maximum Gasteiger partial charge on any atom is 0.338 e. The monoisotopic (exact) mass is 358 g/mol. The third-order valence-electron chi connectivity index (χ3n) is 3.86. The Hall–Kier alpha value is -1.63. The van der Waals surface area contributed by atoms with Crippen LogP contribution in [-0.4, -0.2) is 35.4 Å². The van der Waals surface area contributed by atoms with Crippen molar-refractivity contribution in [2.75, 3.05) is 6.54 Å². The smallest absolute Gasteiger partial charge is 0.338 e. The quantitative estimate of drug-likeness (QED) is 0.716. The molecule has 1 heterocycles. The van der Waals surface area contributed by atoms with Crippen LogP contribution in [0.1, 0.15) is 28.8 Å². The first-order valence-corrected chi connectivity index (χ1v) is 7.83. The molecule has 124 valence electrons. The number of carbonyl (C=O) groups is 3. The summed E-state index contributed by atoms with van der Waals surface area (Å²) in [6, 6.07) is 2.09. The highest BCUT2D eigenvalue weighted by Gasteiger charge is 2.29. The number of rotatable bonds is 6. The lowest BCUT2D eigenvalue weighted by Crippen LogP contribution is -2.35. The van der Waals surface area contributed by atoms with E-state index in [2.05, 4.69) is 5.32 Å². The van der Waals surface area contributed by atoms with Crippen molar-refractivity contribution in [3.63, 3.8) is 0 Å². The lowest BCUT2D eigenvalue weighted by atomic mass is 9.93. The summed E-state index contributed by atoms with van der Waals surface area (Å²) in [5.41, 5.74) is 5.99. The molecule has 1 saturated heterocycles. The summed E-state index contributed by atoms with van der Waals surface area (Å²) in [5.74, 6) is -1.92. The molecule has 0 bridgehead atoms. The van der Waals surface area contributed by atoms with Gasteiger partial charge < -0.3 is 16.2 Å². The number of halogens is 2. The zero-order chi connectivity index (χ0) is 17.1. The zero-order valence-electron chi connectivity index (χ0n) is 12.1. The van der Waals surface area contributed by atoms with E-state index in [1.54, 1.807) is 0 Å². The predicted octanol–water partition coefficient (Wildman–Crippen LogP) is 1.66. The number of carboxylic acids is 1. The molecule has 0 saturated carbocycles. The van der Waals surface area contributed by atoms with Crippen molar-refractivity contribution in [3.05, 3.63) is 33.3 Å². The summed E-state index contributed by atoms with van der Waals surface area (Å²) in [4.78, 5) is 34.9. The SMILES string of the molecule is NC(C[C@@H]1CCNC1=O)C(=O)Cc1ccc(Cl)c(C(=O)O)c1Cl. The molecule has 0 radical (unpaired) electrons. The van der Waals surface area contributed by atoms with Gasteiger partial charge in [0.05, 0.1) is 21.7 Å². The fourth-order valence-electron chi connectivity index (χ4n) is 2.55. The second-order valence-corrected chi connectivity index (χ2v) is 6.25. The minimum atomic E-state index is -1.26. The molecule has 1 aliphatic rings.